The number of benzene rings is 1. The summed E-state index contributed by atoms with van der Waals surface area (Å²) in [5.41, 5.74) is 0. The summed E-state index contributed by atoms with van der Waals surface area (Å²) in [6.45, 7) is 5.48. The van der Waals surface area contributed by atoms with Crippen LogP contribution in [0.25, 0.3) is 0 Å². The minimum Gasteiger partial charge on any atom is -0.466 e. The summed E-state index contributed by atoms with van der Waals surface area (Å²) < 4.78 is 17.3. The Kier molecular flexibility index (Phi) is 5.34. The van der Waals surface area contributed by atoms with Crippen LogP contribution in [0.3, 0.4) is 0 Å². The molecule has 1 saturated heterocycles. The van der Waals surface area contributed by atoms with E-state index >= 15 is 0 Å². The van der Waals surface area contributed by atoms with Crippen LogP contribution in [-0.2, 0) is 18.4 Å². The van der Waals surface area contributed by atoms with E-state index in [1.807, 2.05) is 18.2 Å². The molecule has 20 heavy (non-hydrogen) atoms. The molecule has 0 amide bonds. The van der Waals surface area contributed by atoms with Gasteiger partial charge < -0.3 is 13.6 Å². The van der Waals surface area contributed by atoms with Crippen LogP contribution in [0.4, 0.5) is 0 Å². The molecule has 0 unspecified atom stereocenters. The second-order valence-electron chi connectivity index (χ2n) is 5.29. The van der Waals surface area contributed by atoms with E-state index in [-0.39, 0.29) is 5.97 Å². The summed E-state index contributed by atoms with van der Waals surface area (Å²) in [5, 5.41) is 1.16. The third-order valence-electron chi connectivity index (χ3n) is 3.37. The predicted octanol–water partition coefficient (Wildman–Crippen LogP) is 1.97. The predicted molar refractivity (Wildman–Crippen MR) is 79.0 cm³/mol. The van der Waals surface area contributed by atoms with E-state index < -0.39 is 8.56 Å². The van der Waals surface area contributed by atoms with E-state index in [0.717, 1.165) is 30.9 Å². The van der Waals surface area contributed by atoms with Crippen LogP contribution in [0, 0.1) is 5.92 Å². The van der Waals surface area contributed by atoms with Gasteiger partial charge in [0.25, 0.3) is 0 Å². The van der Waals surface area contributed by atoms with Crippen LogP contribution in [0.5, 0.6) is 0 Å². The molecule has 0 N–H and O–H groups in total. The van der Waals surface area contributed by atoms with Crippen molar-refractivity contribution in [3.63, 3.8) is 0 Å². The molecule has 1 aromatic carbocycles. The minimum atomic E-state index is -2.36. The van der Waals surface area contributed by atoms with Gasteiger partial charge in [0, 0.05) is 26.1 Å². The zero-order valence-corrected chi connectivity index (χ0v) is 13.1. The number of carbonyl (C=O) groups is 1. The van der Waals surface area contributed by atoms with Crippen molar-refractivity contribution >= 4 is 19.7 Å². The van der Waals surface area contributed by atoms with Crippen LogP contribution in [-0.4, -0.2) is 34.4 Å². The van der Waals surface area contributed by atoms with Gasteiger partial charge in [0.1, 0.15) is 0 Å². The Balaban J connectivity index is 2.03. The van der Waals surface area contributed by atoms with Gasteiger partial charge in [0.05, 0.1) is 6.61 Å². The van der Waals surface area contributed by atoms with E-state index in [0.29, 0.717) is 12.5 Å². The summed E-state index contributed by atoms with van der Waals surface area (Å²) in [7, 11) is -2.36. The van der Waals surface area contributed by atoms with Crippen molar-refractivity contribution in [3.8, 4) is 0 Å². The fraction of sp³-hybridized carbons (Fsp3) is 0.533. The van der Waals surface area contributed by atoms with Crippen LogP contribution in [0.15, 0.2) is 30.3 Å². The van der Waals surface area contributed by atoms with Gasteiger partial charge in [-0.2, -0.15) is 0 Å². The van der Waals surface area contributed by atoms with Gasteiger partial charge in [0.2, 0.25) is 0 Å². The first kappa shape index (κ1) is 15.2. The average molecular weight is 294 g/mol. The largest absolute Gasteiger partial charge is 0.466 e. The number of ether oxygens (including phenoxy) is 1. The Morgan fingerprint density at radius 1 is 1.30 bits per heavy atom. The first-order valence-electron chi connectivity index (χ1n) is 7.09. The molecule has 1 aliphatic heterocycles. The fourth-order valence-corrected chi connectivity index (χ4v) is 5.72. The molecule has 0 aliphatic carbocycles. The molecule has 1 heterocycles. The Hall–Kier alpha value is -1.17. The second-order valence-corrected chi connectivity index (χ2v) is 8.45. The molecule has 0 atom stereocenters. The molecule has 1 aromatic rings. The van der Waals surface area contributed by atoms with E-state index in [1.165, 1.54) is 6.92 Å². The fourth-order valence-electron chi connectivity index (χ4n) is 2.31. The Morgan fingerprint density at radius 3 is 2.55 bits per heavy atom. The Morgan fingerprint density at radius 2 is 1.95 bits per heavy atom. The minimum absolute atomic E-state index is 0.237. The summed E-state index contributed by atoms with van der Waals surface area (Å²) in [6.07, 6.45) is 0.773. The van der Waals surface area contributed by atoms with Crippen LogP contribution in [0.1, 0.15) is 20.3 Å². The van der Waals surface area contributed by atoms with Crippen LogP contribution >= 0.6 is 0 Å². The van der Waals surface area contributed by atoms with Gasteiger partial charge in [-0.1, -0.05) is 37.3 Å². The highest BCUT2D eigenvalue weighted by molar-refractivity contribution is 6.81. The van der Waals surface area contributed by atoms with Gasteiger partial charge >= 0.3 is 14.5 Å². The second kappa shape index (κ2) is 7.01. The van der Waals surface area contributed by atoms with Crippen LogP contribution < -0.4 is 5.19 Å². The molecule has 0 bridgehead atoms. The molecule has 0 spiro atoms. The SMILES string of the molecule is CC(=O)OCCC[Si]1(c2ccccc2)OCC(C)CO1. The topological polar surface area (TPSA) is 44.8 Å². The highest BCUT2D eigenvalue weighted by atomic mass is 28.4. The summed E-state index contributed by atoms with van der Waals surface area (Å²) in [5.74, 6) is 0.201. The normalized spacial score (nSPS) is 26.2. The van der Waals surface area contributed by atoms with Crippen molar-refractivity contribution < 1.29 is 18.4 Å². The molecule has 4 nitrogen and oxygen atoms in total. The molecule has 0 aromatic heterocycles. The lowest BCUT2D eigenvalue weighted by Gasteiger charge is -2.37. The number of esters is 1. The van der Waals surface area contributed by atoms with Gasteiger partial charge in [0.15, 0.2) is 0 Å². The standard InChI is InChI=1S/C15H22O4Si/c1-13-11-18-20(19-12-13,10-6-9-17-14(2)16)15-7-4-3-5-8-15/h3-5,7-8,13H,6,9-12H2,1-2H3. The first-order chi connectivity index (χ1) is 9.62. The molecule has 0 radical (unpaired) electrons. The first-order valence-corrected chi connectivity index (χ1v) is 9.11. The van der Waals surface area contributed by atoms with E-state index in [4.69, 9.17) is 13.6 Å². The summed E-state index contributed by atoms with van der Waals surface area (Å²) >= 11 is 0. The van der Waals surface area contributed by atoms with Crippen molar-refractivity contribution in [1.29, 1.82) is 0 Å². The van der Waals surface area contributed by atoms with Gasteiger partial charge in [-0.3, -0.25) is 4.79 Å². The molecule has 2 rings (SSSR count). The number of rotatable bonds is 5. The molecule has 5 heteroatoms. The summed E-state index contributed by atoms with van der Waals surface area (Å²) in [6, 6.07) is 11.0. The van der Waals surface area contributed by atoms with Crippen LogP contribution in [0.2, 0.25) is 6.04 Å². The monoisotopic (exact) mass is 294 g/mol. The lowest BCUT2D eigenvalue weighted by atomic mass is 10.2. The van der Waals surface area contributed by atoms with E-state index in [1.54, 1.807) is 0 Å². The number of hydrogen-bond donors (Lipinski definition) is 0. The zero-order chi connectivity index (χ0) is 14.4. The molecule has 1 fully saturated rings. The molecular weight excluding hydrogens is 272 g/mol. The molecule has 0 saturated carbocycles. The Bertz CT molecular complexity index is 427. The maximum atomic E-state index is 10.8. The summed E-state index contributed by atoms with van der Waals surface area (Å²) in [4.78, 5) is 10.8. The number of carbonyl (C=O) groups excluding carboxylic acids is 1. The van der Waals surface area contributed by atoms with E-state index in [2.05, 4.69) is 19.1 Å². The lowest BCUT2D eigenvalue weighted by molar-refractivity contribution is -0.140. The highest BCUT2D eigenvalue weighted by Gasteiger charge is 2.42. The van der Waals surface area contributed by atoms with Crippen molar-refractivity contribution in [2.24, 2.45) is 5.92 Å². The third-order valence-corrected chi connectivity index (χ3v) is 6.86. The Labute approximate surface area is 121 Å². The van der Waals surface area contributed by atoms with E-state index in [9.17, 15) is 4.79 Å². The number of hydrogen-bond acceptors (Lipinski definition) is 4. The van der Waals surface area contributed by atoms with Gasteiger partial charge in [-0.15, -0.1) is 0 Å². The molecular formula is C15H22O4Si. The zero-order valence-electron chi connectivity index (χ0n) is 12.1. The molecule has 1 aliphatic rings. The van der Waals surface area contributed by atoms with Crippen molar-refractivity contribution in [2.75, 3.05) is 19.8 Å². The highest BCUT2D eigenvalue weighted by Crippen LogP contribution is 2.23. The maximum Gasteiger partial charge on any atom is 0.372 e. The smallest absolute Gasteiger partial charge is 0.372 e. The average Bonchev–Trinajstić information content (AvgIpc) is 2.47. The maximum absolute atomic E-state index is 10.8. The molecule has 110 valence electrons. The van der Waals surface area contributed by atoms with Crippen molar-refractivity contribution in [1.82, 2.24) is 0 Å². The van der Waals surface area contributed by atoms with Gasteiger partial charge in [-0.05, 0) is 17.7 Å². The van der Waals surface area contributed by atoms with Gasteiger partial charge in [-0.25, -0.2) is 0 Å². The van der Waals surface area contributed by atoms with Crippen molar-refractivity contribution in [3.05, 3.63) is 30.3 Å². The lowest BCUT2D eigenvalue weighted by Crippen LogP contribution is -2.58. The third kappa shape index (κ3) is 3.91. The van der Waals surface area contributed by atoms with Crippen molar-refractivity contribution in [2.45, 2.75) is 26.3 Å². The quantitative estimate of drug-likeness (QED) is 0.473.